The maximum atomic E-state index is 11.2. The first-order valence-corrected chi connectivity index (χ1v) is 5.47. The van der Waals surface area contributed by atoms with E-state index in [1.54, 1.807) is 25.1 Å². The molecular weight excluding hydrogens is 234 g/mol. The van der Waals surface area contributed by atoms with Gasteiger partial charge in [-0.25, -0.2) is 9.78 Å². The van der Waals surface area contributed by atoms with Crippen molar-refractivity contribution in [2.24, 2.45) is 0 Å². The number of para-hydroxylation sites is 1. The van der Waals surface area contributed by atoms with Crippen molar-refractivity contribution in [3.8, 4) is 5.88 Å². The van der Waals surface area contributed by atoms with E-state index in [1.807, 2.05) is 18.2 Å². The largest absolute Gasteiger partial charge is 0.523 e. The smallest absolute Gasteiger partial charge is 0.376 e. The van der Waals surface area contributed by atoms with Crippen LogP contribution in [-0.2, 0) is 9.53 Å². The van der Waals surface area contributed by atoms with Crippen LogP contribution in [0.5, 0.6) is 5.88 Å². The van der Waals surface area contributed by atoms with Gasteiger partial charge in [0.2, 0.25) is 5.88 Å². The molecule has 1 aromatic carbocycles. The van der Waals surface area contributed by atoms with Gasteiger partial charge in [-0.05, 0) is 12.1 Å². The molecule has 18 heavy (non-hydrogen) atoms. The molecule has 1 heterocycles. The Kier molecular flexibility index (Phi) is 3.52. The van der Waals surface area contributed by atoms with Gasteiger partial charge in [0.25, 0.3) is 0 Å². The summed E-state index contributed by atoms with van der Waals surface area (Å²) in [5, 5.41) is 0.933. The second kappa shape index (κ2) is 5.27. The molecule has 0 saturated carbocycles. The molecule has 0 saturated heterocycles. The third-order valence-electron chi connectivity index (χ3n) is 2.25. The summed E-state index contributed by atoms with van der Waals surface area (Å²) >= 11 is 0. The van der Waals surface area contributed by atoms with E-state index in [1.165, 1.54) is 0 Å². The van der Waals surface area contributed by atoms with Crippen molar-refractivity contribution in [1.82, 2.24) is 4.98 Å². The van der Waals surface area contributed by atoms with Gasteiger partial charge >= 0.3 is 12.1 Å². The maximum Gasteiger partial charge on any atom is 0.523 e. The number of fused-ring (bicyclic) bond motifs is 1. The van der Waals surface area contributed by atoms with Crippen molar-refractivity contribution in [2.45, 2.75) is 13.3 Å². The van der Waals surface area contributed by atoms with Crippen LogP contribution in [0.25, 0.3) is 10.9 Å². The monoisotopic (exact) mass is 245 g/mol. The lowest BCUT2D eigenvalue weighted by Crippen LogP contribution is -2.15. The molecule has 0 amide bonds. The molecule has 0 fully saturated rings. The Balaban J connectivity index is 2.12. The molecule has 0 aliphatic carbocycles. The number of pyridine rings is 1. The van der Waals surface area contributed by atoms with Crippen LogP contribution in [0, 0.1) is 0 Å². The van der Waals surface area contributed by atoms with Gasteiger partial charge in [-0.1, -0.05) is 25.1 Å². The van der Waals surface area contributed by atoms with E-state index in [0.29, 0.717) is 5.52 Å². The number of benzene rings is 1. The van der Waals surface area contributed by atoms with Crippen LogP contribution in [0.4, 0.5) is 4.79 Å². The minimum atomic E-state index is -1.07. The van der Waals surface area contributed by atoms with Gasteiger partial charge < -0.3 is 9.47 Å². The van der Waals surface area contributed by atoms with E-state index in [-0.39, 0.29) is 12.3 Å². The minimum absolute atomic E-state index is 0.0996. The van der Waals surface area contributed by atoms with Crippen LogP contribution < -0.4 is 4.74 Å². The molecule has 0 atom stereocenters. The quantitative estimate of drug-likeness (QED) is 0.601. The van der Waals surface area contributed by atoms with Crippen molar-refractivity contribution < 1.29 is 19.1 Å². The van der Waals surface area contributed by atoms with E-state index >= 15 is 0 Å². The predicted octanol–water partition coefficient (Wildman–Crippen LogP) is 2.69. The Morgan fingerprint density at radius 3 is 2.72 bits per heavy atom. The first kappa shape index (κ1) is 12.0. The first-order chi connectivity index (χ1) is 8.69. The summed E-state index contributed by atoms with van der Waals surface area (Å²) in [7, 11) is 0. The van der Waals surface area contributed by atoms with Crippen LogP contribution in [-0.4, -0.2) is 17.1 Å². The minimum Gasteiger partial charge on any atom is -0.376 e. The fourth-order valence-corrected chi connectivity index (χ4v) is 1.38. The van der Waals surface area contributed by atoms with E-state index in [9.17, 15) is 9.59 Å². The van der Waals surface area contributed by atoms with Gasteiger partial charge in [0.15, 0.2) is 0 Å². The van der Waals surface area contributed by atoms with Gasteiger partial charge in [0.1, 0.15) is 0 Å². The average molecular weight is 245 g/mol. The van der Waals surface area contributed by atoms with Crippen LogP contribution >= 0.6 is 0 Å². The van der Waals surface area contributed by atoms with Crippen LogP contribution in [0.15, 0.2) is 36.4 Å². The normalized spacial score (nSPS) is 10.1. The van der Waals surface area contributed by atoms with Gasteiger partial charge in [-0.15, -0.1) is 0 Å². The molecule has 92 valence electrons. The lowest BCUT2D eigenvalue weighted by atomic mass is 10.2. The van der Waals surface area contributed by atoms with E-state index in [0.717, 1.165) is 5.39 Å². The highest BCUT2D eigenvalue weighted by molar-refractivity contribution is 5.83. The molecule has 2 aromatic rings. The van der Waals surface area contributed by atoms with Crippen LogP contribution in [0.2, 0.25) is 0 Å². The summed E-state index contributed by atoms with van der Waals surface area (Å²) in [4.78, 5) is 26.2. The molecule has 1 aromatic heterocycles. The SMILES string of the molecule is CCC(=O)OC(=O)Oc1ccc2ccccc2n1. The van der Waals surface area contributed by atoms with Crippen molar-refractivity contribution in [3.05, 3.63) is 36.4 Å². The molecule has 0 N–H and O–H groups in total. The number of hydrogen-bond donors (Lipinski definition) is 0. The highest BCUT2D eigenvalue weighted by Crippen LogP contribution is 2.16. The summed E-state index contributed by atoms with van der Waals surface area (Å²) < 4.78 is 9.18. The second-order valence-electron chi connectivity index (χ2n) is 3.52. The third-order valence-corrected chi connectivity index (χ3v) is 2.25. The number of carbonyl (C=O) groups excluding carboxylic acids is 2. The van der Waals surface area contributed by atoms with Gasteiger partial charge in [0, 0.05) is 17.9 Å². The number of hydrogen-bond acceptors (Lipinski definition) is 5. The summed E-state index contributed by atoms with van der Waals surface area (Å²) in [5.74, 6) is -0.539. The Labute approximate surface area is 103 Å². The van der Waals surface area contributed by atoms with Crippen molar-refractivity contribution in [2.75, 3.05) is 0 Å². The molecular formula is C13H11NO4. The molecule has 0 spiro atoms. The number of aromatic nitrogens is 1. The van der Waals surface area contributed by atoms with Crippen molar-refractivity contribution in [3.63, 3.8) is 0 Å². The molecule has 0 aliphatic rings. The topological polar surface area (TPSA) is 65.5 Å². The van der Waals surface area contributed by atoms with Crippen molar-refractivity contribution >= 4 is 23.0 Å². The summed E-state index contributed by atoms with van der Waals surface area (Å²) in [6, 6.07) is 10.7. The standard InChI is InChI=1S/C13H11NO4/c1-2-12(15)18-13(16)17-11-8-7-9-5-3-4-6-10(9)14-11/h3-8H,2H2,1H3. The Morgan fingerprint density at radius 2 is 1.94 bits per heavy atom. The zero-order chi connectivity index (χ0) is 13.0. The Morgan fingerprint density at radius 1 is 1.17 bits per heavy atom. The first-order valence-electron chi connectivity index (χ1n) is 5.47. The van der Waals surface area contributed by atoms with Gasteiger partial charge in [-0.3, -0.25) is 4.79 Å². The Bertz CT molecular complexity index is 594. The molecule has 0 radical (unpaired) electrons. The van der Waals surface area contributed by atoms with E-state index in [2.05, 4.69) is 9.72 Å². The van der Waals surface area contributed by atoms with Gasteiger partial charge in [-0.2, -0.15) is 0 Å². The number of nitrogens with zero attached hydrogens (tertiary/aromatic N) is 1. The third kappa shape index (κ3) is 2.82. The van der Waals surface area contributed by atoms with Crippen molar-refractivity contribution in [1.29, 1.82) is 0 Å². The highest BCUT2D eigenvalue weighted by atomic mass is 16.7. The second-order valence-corrected chi connectivity index (χ2v) is 3.52. The maximum absolute atomic E-state index is 11.2. The fourth-order valence-electron chi connectivity index (χ4n) is 1.38. The van der Waals surface area contributed by atoms with E-state index in [4.69, 9.17) is 4.74 Å². The van der Waals surface area contributed by atoms with Crippen LogP contribution in [0.3, 0.4) is 0 Å². The lowest BCUT2D eigenvalue weighted by molar-refractivity contribution is -0.138. The Hall–Kier alpha value is -2.43. The number of rotatable bonds is 2. The summed E-state index contributed by atoms with van der Waals surface area (Å²) in [5.41, 5.74) is 0.699. The highest BCUT2D eigenvalue weighted by Gasteiger charge is 2.11. The van der Waals surface area contributed by atoms with E-state index < -0.39 is 12.1 Å². The van der Waals surface area contributed by atoms with Crippen LogP contribution in [0.1, 0.15) is 13.3 Å². The number of carbonyl (C=O) groups is 2. The molecule has 0 aliphatic heterocycles. The van der Waals surface area contributed by atoms with Gasteiger partial charge in [0.05, 0.1) is 5.52 Å². The molecule has 0 bridgehead atoms. The zero-order valence-electron chi connectivity index (χ0n) is 9.75. The molecule has 2 rings (SSSR count). The number of ether oxygens (including phenoxy) is 2. The molecule has 5 heteroatoms. The molecule has 5 nitrogen and oxygen atoms in total. The average Bonchev–Trinajstić information content (AvgIpc) is 2.38. The lowest BCUT2D eigenvalue weighted by Gasteiger charge is -2.03. The predicted molar refractivity (Wildman–Crippen MR) is 64.2 cm³/mol. The molecule has 0 unspecified atom stereocenters. The fraction of sp³-hybridized carbons (Fsp3) is 0.154. The summed E-state index contributed by atoms with van der Waals surface area (Å²) in [6.45, 7) is 1.59. The zero-order valence-corrected chi connectivity index (χ0v) is 9.75. The summed E-state index contributed by atoms with van der Waals surface area (Å²) in [6.07, 6.45) is -0.954. The number of esters is 1.